The molecule has 0 atom stereocenters. The molecule has 0 aliphatic rings. The van der Waals surface area contributed by atoms with Crippen LogP contribution in [-0.4, -0.2) is 31.4 Å². The average Bonchev–Trinajstić information content (AvgIpc) is 2.86. The van der Waals surface area contributed by atoms with Crippen LogP contribution in [0.2, 0.25) is 0 Å². The van der Waals surface area contributed by atoms with Gasteiger partial charge in [0, 0.05) is 35.6 Å². The van der Waals surface area contributed by atoms with Gasteiger partial charge in [0.2, 0.25) is 0 Å². The molecular formula is C16H13N3O4. The number of nitrogens with zero attached hydrogens (tertiary/aromatic N) is 3. The van der Waals surface area contributed by atoms with Crippen molar-refractivity contribution in [1.82, 2.24) is 14.5 Å². The number of aromatic nitrogens is 3. The van der Waals surface area contributed by atoms with Gasteiger partial charge in [-0.05, 0) is 25.1 Å². The molecule has 0 aliphatic carbocycles. The summed E-state index contributed by atoms with van der Waals surface area (Å²) in [5.41, 5.74) is 1.08. The topological polar surface area (TPSA) is 94.3 Å². The molecule has 116 valence electrons. The van der Waals surface area contributed by atoms with Crippen molar-refractivity contribution in [1.29, 1.82) is 0 Å². The molecule has 3 aromatic rings. The van der Waals surface area contributed by atoms with Crippen LogP contribution in [0, 0.1) is 0 Å². The number of Topliss-reactive ketones (excluding diaryl/α,β-unsaturated/α-hetero) is 1. The Kier molecular flexibility index (Phi) is 3.76. The number of ether oxygens (including phenoxy) is 1. The Labute approximate surface area is 131 Å². The molecule has 2 heterocycles. The number of rotatable bonds is 5. The molecule has 0 saturated heterocycles. The first-order valence-corrected chi connectivity index (χ1v) is 6.85. The number of carbonyl (C=O) groups is 2. The average molecular weight is 311 g/mol. The first-order valence-electron chi connectivity index (χ1n) is 6.85. The van der Waals surface area contributed by atoms with E-state index in [9.17, 15) is 9.59 Å². The summed E-state index contributed by atoms with van der Waals surface area (Å²) in [5, 5.41) is 9.70. The number of hydrogen-bond acceptors (Lipinski definition) is 5. The molecular weight excluding hydrogens is 298 g/mol. The van der Waals surface area contributed by atoms with Gasteiger partial charge in [0.15, 0.2) is 5.78 Å². The normalized spacial score (nSPS) is 10.7. The van der Waals surface area contributed by atoms with Gasteiger partial charge in [0.25, 0.3) is 0 Å². The van der Waals surface area contributed by atoms with Crippen molar-refractivity contribution in [2.45, 2.75) is 13.5 Å². The summed E-state index contributed by atoms with van der Waals surface area (Å²) < 4.78 is 7.06. The summed E-state index contributed by atoms with van der Waals surface area (Å²) in [6.07, 6.45) is 4.66. The van der Waals surface area contributed by atoms with E-state index >= 15 is 0 Å². The fraction of sp³-hybridized carbons (Fsp3) is 0.125. The number of ketones is 1. The maximum Gasteiger partial charge on any atom is 0.323 e. The molecule has 23 heavy (non-hydrogen) atoms. The molecule has 0 radical (unpaired) electrons. The first kappa shape index (κ1) is 14.7. The Morgan fingerprint density at radius 1 is 1.26 bits per heavy atom. The largest absolute Gasteiger partial charge is 0.480 e. The van der Waals surface area contributed by atoms with Crippen molar-refractivity contribution in [3.63, 3.8) is 0 Å². The van der Waals surface area contributed by atoms with Crippen LogP contribution in [-0.2, 0) is 11.3 Å². The van der Waals surface area contributed by atoms with Crippen LogP contribution < -0.4 is 4.74 Å². The lowest BCUT2D eigenvalue weighted by Crippen LogP contribution is -2.07. The fourth-order valence-corrected chi connectivity index (χ4v) is 2.34. The second-order valence-corrected chi connectivity index (χ2v) is 4.93. The predicted molar refractivity (Wildman–Crippen MR) is 81.7 cm³/mol. The molecule has 0 aliphatic heterocycles. The summed E-state index contributed by atoms with van der Waals surface area (Å²) in [7, 11) is 0. The van der Waals surface area contributed by atoms with E-state index in [0.29, 0.717) is 22.2 Å². The van der Waals surface area contributed by atoms with E-state index in [1.54, 1.807) is 42.9 Å². The highest BCUT2D eigenvalue weighted by Gasteiger charge is 2.14. The molecule has 1 N–H and O–H groups in total. The van der Waals surface area contributed by atoms with Crippen LogP contribution in [0.1, 0.15) is 17.3 Å². The van der Waals surface area contributed by atoms with Crippen LogP contribution >= 0.6 is 0 Å². The lowest BCUT2D eigenvalue weighted by Gasteiger charge is -2.05. The van der Waals surface area contributed by atoms with E-state index in [0.717, 1.165) is 0 Å². The number of aliphatic carboxylic acids is 1. The zero-order valence-electron chi connectivity index (χ0n) is 12.3. The third-order valence-electron chi connectivity index (χ3n) is 3.29. The summed E-state index contributed by atoms with van der Waals surface area (Å²) in [4.78, 5) is 30.7. The molecule has 3 rings (SSSR count). The van der Waals surface area contributed by atoms with Gasteiger partial charge < -0.3 is 14.4 Å². The van der Waals surface area contributed by atoms with Crippen LogP contribution in [0.25, 0.3) is 10.9 Å². The number of carboxylic acid groups (broad SMARTS) is 1. The zero-order valence-corrected chi connectivity index (χ0v) is 12.3. The number of hydrogen-bond donors (Lipinski definition) is 1. The predicted octanol–water partition coefficient (Wildman–Crippen LogP) is 2.51. The van der Waals surface area contributed by atoms with Gasteiger partial charge in [-0.15, -0.1) is 0 Å². The van der Waals surface area contributed by atoms with Gasteiger partial charge in [0.1, 0.15) is 12.3 Å². The van der Waals surface area contributed by atoms with E-state index < -0.39 is 5.97 Å². The van der Waals surface area contributed by atoms with Gasteiger partial charge in [-0.3, -0.25) is 9.59 Å². The minimum atomic E-state index is -0.991. The lowest BCUT2D eigenvalue weighted by atomic mass is 10.1. The van der Waals surface area contributed by atoms with Gasteiger partial charge in [0.05, 0.1) is 5.52 Å². The van der Waals surface area contributed by atoms with E-state index in [1.807, 2.05) is 0 Å². The molecule has 0 fully saturated rings. The highest BCUT2D eigenvalue weighted by atomic mass is 16.5. The maximum absolute atomic E-state index is 11.7. The Balaban J connectivity index is 2.06. The third kappa shape index (κ3) is 3.03. The van der Waals surface area contributed by atoms with Crippen molar-refractivity contribution in [3.05, 3.63) is 48.4 Å². The van der Waals surface area contributed by atoms with Crippen molar-refractivity contribution < 1.29 is 19.4 Å². The highest BCUT2D eigenvalue weighted by molar-refractivity contribution is 6.07. The van der Waals surface area contributed by atoms with E-state index in [1.165, 1.54) is 11.5 Å². The Morgan fingerprint density at radius 3 is 2.65 bits per heavy atom. The van der Waals surface area contributed by atoms with Crippen LogP contribution in [0.15, 0.2) is 42.9 Å². The van der Waals surface area contributed by atoms with Gasteiger partial charge in [-0.2, -0.15) is 0 Å². The standard InChI is InChI=1S/C16H13N3O4/c1-10(20)13-8-19(9-15(21)22)14-7-11(3-4-12(13)14)23-16-17-5-2-6-18-16/h2-8H,9H2,1H3,(H,21,22). The van der Waals surface area contributed by atoms with E-state index in [4.69, 9.17) is 9.84 Å². The smallest absolute Gasteiger partial charge is 0.323 e. The van der Waals surface area contributed by atoms with Crippen molar-refractivity contribution in [3.8, 4) is 11.8 Å². The molecule has 0 spiro atoms. The molecule has 1 aromatic carbocycles. The van der Waals surface area contributed by atoms with Crippen molar-refractivity contribution >= 4 is 22.7 Å². The molecule has 0 amide bonds. The summed E-state index contributed by atoms with van der Waals surface area (Å²) in [5.74, 6) is -0.655. The third-order valence-corrected chi connectivity index (χ3v) is 3.29. The van der Waals surface area contributed by atoms with Crippen LogP contribution in [0.5, 0.6) is 11.8 Å². The molecule has 2 aromatic heterocycles. The quantitative estimate of drug-likeness (QED) is 0.728. The van der Waals surface area contributed by atoms with Crippen LogP contribution in [0.4, 0.5) is 0 Å². The Morgan fingerprint density at radius 2 is 2.00 bits per heavy atom. The number of carbonyl (C=O) groups excluding carboxylic acids is 1. The van der Waals surface area contributed by atoms with Gasteiger partial charge >= 0.3 is 12.0 Å². The molecule has 7 heteroatoms. The second-order valence-electron chi connectivity index (χ2n) is 4.93. The monoisotopic (exact) mass is 311 g/mol. The van der Waals surface area contributed by atoms with E-state index in [2.05, 4.69) is 9.97 Å². The zero-order chi connectivity index (χ0) is 16.4. The number of benzene rings is 1. The molecule has 0 bridgehead atoms. The van der Waals surface area contributed by atoms with Crippen molar-refractivity contribution in [2.75, 3.05) is 0 Å². The van der Waals surface area contributed by atoms with Gasteiger partial charge in [-0.25, -0.2) is 9.97 Å². The maximum atomic E-state index is 11.7. The summed E-state index contributed by atoms with van der Waals surface area (Å²) in [6.45, 7) is 1.21. The minimum Gasteiger partial charge on any atom is -0.480 e. The number of carboxylic acids is 1. The van der Waals surface area contributed by atoms with Gasteiger partial charge in [-0.1, -0.05) is 0 Å². The van der Waals surface area contributed by atoms with E-state index in [-0.39, 0.29) is 18.3 Å². The Hall–Kier alpha value is -3.22. The lowest BCUT2D eigenvalue weighted by molar-refractivity contribution is -0.137. The highest BCUT2D eigenvalue weighted by Crippen LogP contribution is 2.28. The number of fused-ring (bicyclic) bond motifs is 1. The molecule has 0 unspecified atom stereocenters. The molecule has 7 nitrogen and oxygen atoms in total. The first-order chi connectivity index (χ1) is 11.0. The van der Waals surface area contributed by atoms with Crippen molar-refractivity contribution in [2.24, 2.45) is 0 Å². The second kappa shape index (κ2) is 5.88. The Bertz CT molecular complexity index is 887. The minimum absolute atomic E-state index is 0.126. The SMILES string of the molecule is CC(=O)c1cn(CC(=O)O)c2cc(Oc3ncccn3)ccc12. The van der Waals surface area contributed by atoms with Crippen LogP contribution in [0.3, 0.4) is 0 Å². The summed E-state index contributed by atoms with van der Waals surface area (Å²) in [6, 6.07) is 6.95. The fourth-order valence-electron chi connectivity index (χ4n) is 2.34. The summed E-state index contributed by atoms with van der Waals surface area (Å²) >= 11 is 0. The molecule has 0 saturated carbocycles.